The van der Waals surface area contributed by atoms with Crippen molar-refractivity contribution >= 4 is 16.8 Å². The van der Waals surface area contributed by atoms with Crippen LogP contribution in [-0.4, -0.2) is 41.0 Å². The minimum Gasteiger partial charge on any atom is -0.487 e. The lowest BCUT2D eigenvalue weighted by Gasteiger charge is -2.32. The van der Waals surface area contributed by atoms with E-state index in [2.05, 4.69) is 53.3 Å². The first-order valence-electron chi connectivity index (χ1n) is 11.8. The van der Waals surface area contributed by atoms with E-state index in [1.54, 1.807) is 0 Å². The minimum atomic E-state index is -0.101. The van der Waals surface area contributed by atoms with Gasteiger partial charge in [0.25, 0.3) is 0 Å². The molecular weight excluding hydrogens is 398 g/mol. The number of hydrogen-bond donors (Lipinski definition) is 2. The number of nitrogens with zero attached hydrogens (tertiary/aromatic N) is 1. The first-order valence-corrected chi connectivity index (χ1v) is 11.8. The van der Waals surface area contributed by atoms with Gasteiger partial charge in [0.1, 0.15) is 11.4 Å². The van der Waals surface area contributed by atoms with E-state index in [4.69, 9.17) is 4.74 Å². The number of ether oxygens (including phenoxy) is 1. The van der Waals surface area contributed by atoms with Gasteiger partial charge in [0.05, 0.1) is 6.42 Å². The number of hydrogen-bond acceptors (Lipinski definition) is 3. The molecule has 0 radical (unpaired) electrons. The maximum Gasteiger partial charge on any atom is 0.224 e. The molecule has 2 aromatic carbocycles. The Labute approximate surface area is 190 Å². The summed E-state index contributed by atoms with van der Waals surface area (Å²) in [6, 6.07) is 14.7. The number of carbonyl (C=O) groups is 1. The lowest BCUT2D eigenvalue weighted by atomic mass is 9.96. The number of fused-ring (bicyclic) bond motifs is 2. The van der Waals surface area contributed by atoms with Crippen LogP contribution in [0.5, 0.6) is 5.75 Å². The van der Waals surface area contributed by atoms with Crippen LogP contribution in [-0.2, 0) is 24.2 Å². The van der Waals surface area contributed by atoms with Gasteiger partial charge in [0.2, 0.25) is 5.91 Å². The minimum absolute atomic E-state index is 0.101. The van der Waals surface area contributed by atoms with E-state index < -0.39 is 0 Å². The van der Waals surface area contributed by atoms with Crippen molar-refractivity contribution in [1.29, 1.82) is 0 Å². The number of likely N-dealkylation sites (tertiary alicyclic amines) is 1. The monoisotopic (exact) mass is 431 g/mol. The average molecular weight is 432 g/mol. The Morgan fingerprint density at radius 1 is 1.12 bits per heavy atom. The maximum atomic E-state index is 12.5. The predicted molar refractivity (Wildman–Crippen MR) is 128 cm³/mol. The summed E-state index contributed by atoms with van der Waals surface area (Å²) < 4.78 is 6.25. The van der Waals surface area contributed by atoms with Crippen molar-refractivity contribution in [2.75, 3.05) is 19.6 Å². The lowest BCUT2D eigenvalue weighted by Crippen LogP contribution is -2.38. The number of H-pyrrole nitrogens is 1. The fourth-order valence-electron chi connectivity index (χ4n) is 5.16. The Morgan fingerprint density at radius 2 is 1.94 bits per heavy atom. The van der Waals surface area contributed by atoms with Gasteiger partial charge in [-0.05, 0) is 62.9 Å². The molecule has 5 heteroatoms. The lowest BCUT2D eigenvalue weighted by molar-refractivity contribution is -0.120. The first-order chi connectivity index (χ1) is 15.5. The van der Waals surface area contributed by atoms with Gasteiger partial charge in [-0.15, -0.1) is 0 Å². The summed E-state index contributed by atoms with van der Waals surface area (Å²) in [4.78, 5) is 18.3. The molecule has 5 rings (SSSR count). The van der Waals surface area contributed by atoms with E-state index >= 15 is 0 Å². The fourth-order valence-corrected chi connectivity index (χ4v) is 5.16. The highest BCUT2D eigenvalue weighted by Gasteiger charge is 2.32. The Morgan fingerprint density at radius 3 is 2.78 bits per heavy atom. The first kappa shape index (κ1) is 21.1. The van der Waals surface area contributed by atoms with Gasteiger partial charge in [0, 0.05) is 42.2 Å². The number of benzene rings is 2. The molecule has 1 amide bonds. The second-order valence-electron chi connectivity index (χ2n) is 10.0. The quantitative estimate of drug-likeness (QED) is 0.606. The van der Waals surface area contributed by atoms with Crippen LogP contribution < -0.4 is 10.1 Å². The van der Waals surface area contributed by atoms with Gasteiger partial charge in [-0.1, -0.05) is 36.4 Å². The summed E-state index contributed by atoms with van der Waals surface area (Å²) in [5.41, 5.74) is 4.68. The number of carbonyl (C=O) groups excluding carboxylic acids is 1. The fraction of sp³-hybridized carbons (Fsp3) is 0.444. The third kappa shape index (κ3) is 4.53. The standard InChI is InChI=1S/C27H33N3O2/c1-27(2)15-20-6-5-7-21(26(20)32-27)18-30-12-10-19(11-13-30)16-29-25(31)14-22-17-28-24-9-4-3-8-23(22)24/h3-9,17,19,28H,10-16,18H2,1-2H3,(H,29,31). The average Bonchev–Trinajstić information content (AvgIpc) is 3.33. The smallest absolute Gasteiger partial charge is 0.224 e. The Balaban J connectivity index is 1.09. The van der Waals surface area contributed by atoms with Crippen LogP contribution in [0, 0.1) is 5.92 Å². The van der Waals surface area contributed by atoms with E-state index in [9.17, 15) is 4.79 Å². The van der Waals surface area contributed by atoms with Crippen LogP contribution in [0.3, 0.4) is 0 Å². The third-order valence-corrected chi connectivity index (χ3v) is 6.89. The molecule has 2 aliphatic rings. The van der Waals surface area contributed by atoms with E-state index in [-0.39, 0.29) is 11.5 Å². The zero-order valence-corrected chi connectivity index (χ0v) is 19.1. The number of amides is 1. The molecule has 5 nitrogen and oxygen atoms in total. The van der Waals surface area contributed by atoms with Gasteiger partial charge < -0.3 is 15.0 Å². The molecule has 1 fully saturated rings. The van der Waals surface area contributed by atoms with Crippen LogP contribution in [0.15, 0.2) is 48.7 Å². The molecule has 0 atom stereocenters. The number of para-hydroxylation sites is 2. The predicted octanol–water partition coefficient (Wildman–Crippen LogP) is 4.45. The summed E-state index contributed by atoms with van der Waals surface area (Å²) in [6.45, 7) is 8.17. The van der Waals surface area contributed by atoms with Crippen LogP contribution >= 0.6 is 0 Å². The van der Waals surface area contributed by atoms with Crippen molar-refractivity contribution in [3.63, 3.8) is 0 Å². The SMILES string of the molecule is CC1(C)Cc2cccc(CN3CCC(CNC(=O)Cc4c[nH]c5ccccc45)CC3)c2O1. The van der Waals surface area contributed by atoms with Crippen LogP contribution in [0.2, 0.25) is 0 Å². The van der Waals surface area contributed by atoms with Gasteiger partial charge in [-0.3, -0.25) is 9.69 Å². The van der Waals surface area contributed by atoms with Crippen molar-refractivity contribution in [3.8, 4) is 5.75 Å². The van der Waals surface area contributed by atoms with Gasteiger partial charge in [-0.25, -0.2) is 0 Å². The second-order valence-corrected chi connectivity index (χ2v) is 10.0. The zero-order valence-electron chi connectivity index (χ0n) is 19.1. The molecule has 3 heterocycles. The van der Waals surface area contributed by atoms with Crippen molar-refractivity contribution in [2.45, 2.75) is 51.7 Å². The number of rotatable bonds is 6. The Hall–Kier alpha value is -2.79. The highest BCUT2D eigenvalue weighted by molar-refractivity contribution is 5.88. The van der Waals surface area contributed by atoms with Crippen LogP contribution in [0.1, 0.15) is 43.4 Å². The molecule has 2 aliphatic heterocycles. The van der Waals surface area contributed by atoms with E-state index in [1.165, 1.54) is 11.1 Å². The van der Waals surface area contributed by atoms with Crippen molar-refractivity contribution in [1.82, 2.24) is 15.2 Å². The topological polar surface area (TPSA) is 57.4 Å². The number of aromatic nitrogens is 1. The molecule has 168 valence electrons. The maximum absolute atomic E-state index is 12.5. The summed E-state index contributed by atoms with van der Waals surface area (Å²) >= 11 is 0. The summed E-state index contributed by atoms with van der Waals surface area (Å²) in [5.74, 6) is 1.76. The van der Waals surface area contributed by atoms with Crippen LogP contribution in [0.25, 0.3) is 10.9 Å². The highest BCUT2D eigenvalue weighted by Crippen LogP contribution is 2.38. The molecule has 0 aliphatic carbocycles. The molecular formula is C27H33N3O2. The number of nitrogens with one attached hydrogen (secondary N) is 2. The van der Waals surface area contributed by atoms with Crippen LogP contribution in [0.4, 0.5) is 0 Å². The third-order valence-electron chi connectivity index (χ3n) is 6.89. The molecule has 1 aromatic heterocycles. The van der Waals surface area contributed by atoms with Crippen molar-refractivity contribution < 1.29 is 9.53 Å². The zero-order chi connectivity index (χ0) is 22.1. The molecule has 0 spiro atoms. The molecule has 0 unspecified atom stereocenters. The van der Waals surface area contributed by atoms with E-state index in [0.29, 0.717) is 12.3 Å². The summed E-state index contributed by atoms with van der Waals surface area (Å²) in [5, 5.41) is 4.31. The van der Waals surface area contributed by atoms with Gasteiger partial charge >= 0.3 is 0 Å². The van der Waals surface area contributed by atoms with E-state index in [1.807, 2.05) is 24.4 Å². The second kappa shape index (κ2) is 8.62. The molecule has 0 saturated carbocycles. The Kier molecular flexibility index (Phi) is 5.68. The van der Waals surface area contributed by atoms with E-state index in [0.717, 1.165) is 67.7 Å². The number of aromatic amines is 1. The normalized spacial score (nSPS) is 18.4. The summed E-state index contributed by atoms with van der Waals surface area (Å²) in [7, 11) is 0. The van der Waals surface area contributed by atoms with Crippen molar-refractivity contribution in [3.05, 3.63) is 65.4 Å². The Bertz CT molecular complexity index is 1110. The van der Waals surface area contributed by atoms with Gasteiger partial charge in [0.15, 0.2) is 0 Å². The molecule has 3 aromatic rings. The molecule has 0 bridgehead atoms. The van der Waals surface area contributed by atoms with Crippen molar-refractivity contribution in [2.24, 2.45) is 5.92 Å². The molecule has 2 N–H and O–H groups in total. The molecule has 1 saturated heterocycles. The van der Waals surface area contributed by atoms with Gasteiger partial charge in [-0.2, -0.15) is 0 Å². The number of piperidine rings is 1. The highest BCUT2D eigenvalue weighted by atomic mass is 16.5. The summed E-state index contributed by atoms with van der Waals surface area (Å²) in [6.07, 6.45) is 5.60. The molecule has 32 heavy (non-hydrogen) atoms. The largest absolute Gasteiger partial charge is 0.487 e.